The maximum absolute atomic E-state index is 10.3. The van der Waals surface area contributed by atoms with Crippen molar-refractivity contribution in [1.82, 2.24) is 14.8 Å². The SMILES string of the molecule is COc1cnn(C)c1C(O)c1scnc1C. The van der Waals surface area contributed by atoms with Crippen LogP contribution in [0.2, 0.25) is 0 Å². The molecule has 0 saturated carbocycles. The third-order valence-electron chi connectivity index (χ3n) is 2.46. The molecule has 2 aromatic rings. The molecule has 0 radical (unpaired) electrons. The fourth-order valence-corrected chi connectivity index (χ4v) is 2.38. The highest BCUT2D eigenvalue weighted by Gasteiger charge is 2.22. The molecule has 5 nitrogen and oxygen atoms in total. The largest absolute Gasteiger partial charge is 0.493 e. The topological polar surface area (TPSA) is 60.2 Å². The van der Waals surface area contributed by atoms with Crippen molar-refractivity contribution in [2.75, 3.05) is 7.11 Å². The quantitative estimate of drug-likeness (QED) is 0.876. The van der Waals surface area contributed by atoms with Gasteiger partial charge in [-0.05, 0) is 6.92 Å². The molecule has 0 spiro atoms. The van der Waals surface area contributed by atoms with Crippen molar-refractivity contribution in [3.05, 3.63) is 28.0 Å². The highest BCUT2D eigenvalue weighted by Crippen LogP contribution is 2.32. The van der Waals surface area contributed by atoms with Crippen molar-refractivity contribution in [2.45, 2.75) is 13.0 Å². The molecule has 2 heterocycles. The predicted octanol–water partition coefficient (Wildman–Crippen LogP) is 1.28. The predicted molar refractivity (Wildman–Crippen MR) is 60.7 cm³/mol. The number of methoxy groups -OCH3 is 1. The van der Waals surface area contributed by atoms with E-state index in [1.165, 1.54) is 11.3 Å². The van der Waals surface area contributed by atoms with Crippen LogP contribution in [0, 0.1) is 6.92 Å². The highest BCUT2D eigenvalue weighted by molar-refractivity contribution is 7.09. The lowest BCUT2D eigenvalue weighted by Crippen LogP contribution is -2.07. The summed E-state index contributed by atoms with van der Waals surface area (Å²) in [5.41, 5.74) is 3.20. The van der Waals surface area contributed by atoms with Crippen LogP contribution in [0.25, 0.3) is 0 Å². The maximum atomic E-state index is 10.3. The van der Waals surface area contributed by atoms with Crippen LogP contribution in [-0.4, -0.2) is 27.0 Å². The summed E-state index contributed by atoms with van der Waals surface area (Å²) in [6, 6.07) is 0. The summed E-state index contributed by atoms with van der Waals surface area (Å²) in [6.07, 6.45) is 0.851. The molecule has 0 aliphatic carbocycles. The van der Waals surface area contributed by atoms with Crippen LogP contribution in [0.4, 0.5) is 0 Å². The van der Waals surface area contributed by atoms with Gasteiger partial charge in [-0.3, -0.25) is 4.68 Å². The fourth-order valence-electron chi connectivity index (χ4n) is 1.59. The first-order valence-electron chi connectivity index (χ1n) is 4.79. The molecular weight excluding hydrogens is 226 g/mol. The summed E-state index contributed by atoms with van der Waals surface area (Å²) in [5.74, 6) is 0.586. The summed E-state index contributed by atoms with van der Waals surface area (Å²) >= 11 is 1.43. The number of hydrogen-bond acceptors (Lipinski definition) is 5. The zero-order valence-electron chi connectivity index (χ0n) is 9.34. The van der Waals surface area contributed by atoms with Gasteiger partial charge in [-0.15, -0.1) is 11.3 Å². The first-order chi connectivity index (χ1) is 7.65. The molecule has 2 aromatic heterocycles. The summed E-state index contributed by atoms with van der Waals surface area (Å²) in [7, 11) is 3.34. The van der Waals surface area contributed by atoms with Gasteiger partial charge in [-0.25, -0.2) is 4.98 Å². The van der Waals surface area contributed by atoms with Crippen LogP contribution < -0.4 is 4.74 Å². The molecule has 1 atom stereocenters. The molecule has 1 unspecified atom stereocenters. The van der Waals surface area contributed by atoms with Gasteiger partial charge in [0.2, 0.25) is 0 Å². The summed E-state index contributed by atoms with van der Waals surface area (Å²) in [6.45, 7) is 1.87. The van der Waals surface area contributed by atoms with Gasteiger partial charge >= 0.3 is 0 Å². The number of thiazole rings is 1. The molecule has 0 bridgehead atoms. The van der Waals surface area contributed by atoms with Crippen molar-refractivity contribution < 1.29 is 9.84 Å². The first-order valence-corrected chi connectivity index (χ1v) is 5.67. The minimum absolute atomic E-state index is 0.586. The Kier molecular flexibility index (Phi) is 2.93. The lowest BCUT2D eigenvalue weighted by atomic mass is 10.2. The lowest BCUT2D eigenvalue weighted by molar-refractivity contribution is 0.207. The third kappa shape index (κ3) is 1.70. The summed E-state index contributed by atoms with van der Waals surface area (Å²) < 4.78 is 6.78. The number of nitrogens with zero attached hydrogens (tertiary/aromatic N) is 3. The second-order valence-corrected chi connectivity index (χ2v) is 4.31. The zero-order valence-corrected chi connectivity index (χ0v) is 10.2. The van der Waals surface area contributed by atoms with Gasteiger partial charge in [0.1, 0.15) is 11.8 Å². The van der Waals surface area contributed by atoms with Crippen LogP contribution in [0.15, 0.2) is 11.7 Å². The van der Waals surface area contributed by atoms with Crippen molar-refractivity contribution in [2.24, 2.45) is 7.05 Å². The average molecular weight is 239 g/mol. The Morgan fingerprint density at radius 3 is 2.88 bits per heavy atom. The second kappa shape index (κ2) is 4.23. The monoisotopic (exact) mass is 239 g/mol. The molecule has 0 fully saturated rings. The number of rotatable bonds is 3. The van der Waals surface area contributed by atoms with E-state index in [0.29, 0.717) is 11.4 Å². The molecule has 2 rings (SSSR count). The fraction of sp³-hybridized carbons (Fsp3) is 0.400. The van der Waals surface area contributed by atoms with Crippen molar-refractivity contribution in [3.63, 3.8) is 0 Å². The van der Waals surface area contributed by atoms with Crippen molar-refractivity contribution in [3.8, 4) is 5.75 Å². The van der Waals surface area contributed by atoms with E-state index in [2.05, 4.69) is 10.1 Å². The van der Waals surface area contributed by atoms with E-state index >= 15 is 0 Å². The Morgan fingerprint density at radius 2 is 2.31 bits per heavy atom. The standard InChI is InChI=1S/C10H13N3O2S/c1-6-10(16-5-11-6)9(14)8-7(15-3)4-12-13(8)2/h4-5,9,14H,1-3H3. The van der Waals surface area contributed by atoms with Gasteiger partial charge in [-0.2, -0.15) is 5.10 Å². The average Bonchev–Trinajstić information content (AvgIpc) is 2.83. The summed E-state index contributed by atoms with van der Waals surface area (Å²) in [5, 5.41) is 14.3. The lowest BCUT2D eigenvalue weighted by Gasteiger charge is -2.11. The molecule has 6 heteroatoms. The molecule has 0 aromatic carbocycles. The van der Waals surface area contributed by atoms with Gasteiger partial charge in [0, 0.05) is 7.05 Å². The van der Waals surface area contributed by atoms with Crippen LogP contribution in [-0.2, 0) is 7.05 Å². The number of aromatic nitrogens is 3. The maximum Gasteiger partial charge on any atom is 0.163 e. The van der Waals surface area contributed by atoms with Crippen LogP contribution >= 0.6 is 11.3 Å². The second-order valence-electron chi connectivity index (χ2n) is 3.43. The normalized spacial score (nSPS) is 12.8. The van der Waals surface area contributed by atoms with E-state index in [1.54, 1.807) is 30.5 Å². The van der Waals surface area contributed by atoms with E-state index in [0.717, 1.165) is 10.6 Å². The molecule has 1 N–H and O–H groups in total. The molecule has 0 aliphatic heterocycles. The van der Waals surface area contributed by atoms with Gasteiger partial charge in [0.25, 0.3) is 0 Å². The minimum atomic E-state index is -0.741. The van der Waals surface area contributed by atoms with Crippen LogP contribution in [0.1, 0.15) is 22.4 Å². The molecular formula is C10H13N3O2S. The summed E-state index contributed by atoms with van der Waals surface area (Å²) in [4.78, 5) is 4.94. The Hall–Kier alpha value is -1.40. The molecule has 0 amide bonds. The Bertz CT molecular complexity index is 492. The van der Waals surface area contributed by atoms with E-state index < -0.39 is 6.10 Å². The number of hydrogen-bond donors (Lipinski definition) is 1. The van der Waals surface area contributed by atoms with Gasteiger partial charge in [0.15, 0.2) is 5.75 Å². The molecule has 16 heavy (non-hydrogen) atoms. The van der Waals surface area contributed by atoms with E-state index in [9.17, 15) is 5.11 Å². The third-order valence-corrected chi connectivity index (χ3v) is 3.44. The van der Waals surface area contributed by atoms with E-state index in [-0.39, 0.29) is 0 Å². The number of aliphatic hydroxyl groups excluding tert-OH is 1. The smallest absolute Gasteiger partial charge is 0.163 e. The highest BCUT2D eigenvalue weighted by atomic mass is 32.1. The molecule has 0 aliphatic rings. The zero-order chi connectivity index (χ0) is 11.7. The Balaban J connectivity index is 2.44. The Labute approximate surface area is 97.3 Å². The molecule has 0 saturated heterocycles. The van der Waals surface area contributed by atoms with Crippen LogP contribution in [0.3, 0.4) is 0 Å². The number of ether oxygens (including phenoxy) is 1. The first kappa shape index (κ1) is 11.1. The van der Waals surface area contributed by atoms with Gasteiger partial charge < -0.3 is 9.84 Å². The van der Waals surface area contributed by atoms with Crippen molar-refractivity contribution in [1.29, 1.82) is 0 Å². The van der Waals surface area contributed by atoms with E-state index in [4.69, 9.17) is 4.74 Å². The van der Waals surface area contributed by atoms with Crippen molar-refractivity contribution >= 4 is 11.3 Å². The van der Waals surface area contributed by atoms with Crippen LogP contribution in [0.5, 0.6) is 5.75 Å². The van der Waals surface area contributed by atoms with E-state index in [1.807, 2.05) is 6.92 Å². The Morgan fingerprint density at radius 1 is 1.56 bits per heavy atom. The van der Waals surface area contributed by atoms with Gasteiger partial charge in [-0.1, -0.05) is 0 Å². The minimum Gasteiger partial charge on any atom is -0.493 e. The number of aliphatic hydroxyl groups is 1. The van der Waals surface area contributed by atoms with Gasteiger partial charge in [0.05, 0.1) is 29.4 Å². The molecule has 86 valence electrons. The number of aryl methyl sites for hydroxylation is 2.